The lowest BCUT2D eigenvalue weighted by Crippen LogP contribution is -2.52. The van der Waals surface area contributed by atoms with E-state index in [1.165, 1.54) is 12.8 Å². The SMILES string of the molecule is CC1CC(C)CC2(C1)N=C(c1cccc(OCCC3CC3)c1)C(=O)N2C(CCC(C)(C)C)c1ccc(CC(=O)NC/C(N)=N/NN)cc1. The van der Waals surface area contributed by atoms with Crippen LogP contribution in [0.2, 0.25) is 0 Å². The minimum Gasteiger partial charge on any atom is -0.494 e. The van der Waals surface area contributed by atoms with E-state index >= 15 is 0 Å². The van der Waals surface area contributed by atoms with Gasteiger partial charge in [-0.05, 0) is 85.0 Å². The van der Waals surface area contributed by atoms with Crippen LogP contribution in [0.3, 0.4) is 0 Å². The van der Waals surface area contributed by atoms with Crippen molar-refractivity contribution in [1.82, 2.24) is 15.8 Å². The van der Waals surface area contributed by atoms with E-state index in [-0.39, 0.29) is 42.1 Å². The minimum atomic E-state index is -0.618. The molecule has 2 amide bonds. The third-order valence-electron chi connectivity index (χ3n) is 9.83. The molecule has 0 radical (unpaired) electrons. The number of hydrazine groups is 1. The number of hydrogen-bond acceptors (Lipinski definition) is 7. The molecule has 260 valence electrons. The Hall–Kier alpha value is -3.92. The van der Waals surface area contributed by atoms with Gasteiger partial charge in [-0.3, -0.25) is 14.6 Å². The standard InChI is InChI=1S/C38H55N7O3/c1-25-19-26(2)23-38(22-25)42-35(30-7-6-8-31(21-30)48-18-16-27-9-10-27)36(47)45(38)32(15-17-37(3,4)5)29-13-11-28(12-14-29)20-34(46)41-24-33(39)43-44-40/h6-8,11-14,21,25-27,32,44H,9-10,15-20,22-24,40H2,1-5H3,(H2,39,43)(H,41,46). The number of hydrazone groups is 1. The summed E-state index contributed by atoms with van der Waals surface area (Å²) in [5.41, 5.74) is 10.6. The van der Waals surface area contributed by atoms with E-state index in [0.717, 1.165) is 66.9 Å². The van der Waals surface area contributed by atoms with Crippen LogP contribution in [0.15, 0.2) is 58.6 Å². The fourth-order valence-corrected chi connectivity index (χ4v) is 7.49. The van der Waals surface area contributed by atoms with Crippen molar-refractivity contribution >= 4 is 23.4 Å². The van der Waals surface area contributed by atoms with E-state index in [2.05, 4.69) is 67.6 Å². The Labute approximate surface area is 286 Å². The molecule has 1 heterocycles. The molecule has 2 aliphatic carbocycles. The molecule has 1 aliphatic heterocycles. The van der Waals surface area contributed by atoms with Crippen molar-refractivity contribution in [2.45, 2.75) is 104 Å². The molecule has 3 unspecified atom stereocenters. The molecule has 3 atom stereocenters. The fourth-order valence-electron chi connectivity index (χ4n) is 7.49. The van der Waals surface area contributed by atoms with Crippen LogP contribution in [0.1, 0.15) is 109 Å². The van der Waals surface area contributed by atoms with Gasteiger partial charge < -0.3 is 20.7 Å². The predicted molar refractivity (Wildman–Crippen MR) is 191 cm³/mol. The molecular weight excluding hydrogens is 602 g/mol. The number of ether oxygens (including phenoxy) is 1. The molecule has 2 fully saturated rings. The van der Waals surface area contributed by atoms with E-state index in [1.807, 2.05) is 36.4 Å². The van der Waals surface area contributed by atoms with Crippen LogP contribution < -0.4 is 27.2 Å². The molecule has 10 nitrogen and oxygen atoms in total. The summed E-state index contributed by atoms with van der Waals surface area (Å²) in [6.07, 6.45) is 8.42. The highest BCUT2D eigenvalue weighted by atomic mass is 16.5. The van der Waals surface area contributed by atoms with Gasteiger partial charge in [-0.1, -0.05) is 83.9 Å². The van der Waals surface area contributed by atoms with Gasteiger partial charge in [-0.2, -0.15) is 5.10 Å². The molecule has 1 spiro atoms. The second kappa shape index (κ2) is 15.1. The predicted octanol–water partition coefficient (Wildman–Crippen LogP) is 5.61. The van der Waals surface area contributed by atoms with Gasteiger partial charge in [-0.25, -0.2) is 11.4 Å². The van der Waals surface area contributed by atoms with Crippen molar-refractivity contribution in [2.75, 3.05) is 13.2 Å². The molecule has 0 bridgehead atoms. The summed E-state index contributed by atoms with van der Waals surface area (Å²) >= 11 is 0. The van der Waals surface area contributed by atoms with Crippen LogP contribution in [0.4, 0.5) is 0 Å². The molecule has 0 saturated heterocycles. The molecule has 2 aromatic rings. The van der Waals surface area contributed by atoms with Gasteiger partial charge in [0.1, 0.15) is 23.0 Å². The second-order valence-electron chi connectivity index (χ2n) is 15.6. The fraction of sp³-hybridized carbons (Fsp3) is 0.579. The van der Waals surface area contributed by atoms with Gasteiger partial charge >= 0.3 is 0 Å². The number of benzene rings is 2. The van der Waals surface area contributed by atoms with E-state index in [0.29, 0.717) is 24.2 Å². The Morgan fingerprint density at radius 2 is 1.83 bits per heavy atom. The molecule has 2 aromatic carbocycles. The third kappa shape index (κ3) is 9.15. The summed E-state index contributed by atoms with van der Waals surface area (Å²) in [6.45, 7) is 12.1. The van der Waals surface area contributed by atoms with E-state index in [4.69, 9.17) is 21.3 Å². The van der Waals surface area contributed by atoms with E-state index in [9.17, 15) is 9.59 Å². The molecule has 3 aliphatic rings. The number of nitrogens with two attached hydrogens (primary N) is 2. The number of nitrogens with zero attached hydrogens (tertiary/aromatic N) is 3. The van der Waals surface area contributed by atoms with Crippen LogP contribution in [-0.2, 0) is 16.0 Å². The van der Waals surface area contributed by atoms with Crippen molar-refractivity contribution in [3.63, 3.8) is 0 Å². The van der Waals surface area contributed by atoms with E-state index in [1.54, 1.807) is 0 Å². The van der Waals surface area contributed by atoms with Crippen molar-refractivity contribution in [2.24, 2.45) is 44.8 Å². The second-order valence-corrected chi connectivity index (χ2v) is 15.6. The first kappa shape index (κ1) is 35.4. The van der Waals surface area contributed by atoms with Gasteiger partial charge in [-0.15, -0.1) is 0 Å². The summed E-state index contributed by atoms with van der Waals surface area (Å²) in [5.74, 6) is 7.63. The zero-order valence-electron chi connectivity index (χ0n) is 29.4. The number of aliphatic imine (C=N–C) groups is 1. The highest BCUT2D eigenvalue weighted by molar-refractivity contribution is 6.46. The Morgan fingerprint density at radius 1 is 1.12 bits per heavy atom. The summed E-state index contributed by atoms with van der Waals surface area (Å²) in [4.78, 5) is 35.0. The smallest absolute Gasteiger partial charge is 0.275 e. The third-order valence-corrected chi connectivity index (χ3v) is 9.83. The number of amidine groups is 1. The van der Waals surface area contributed by atoms with Crippen LogP contribution >= 0.6 is 0 Å². The lowest BCUT2D eigenvalue weighted by Gasteiger charge is -2.47. The average molecular weight is 658 g/mol. The lowest BCUT2D eigenvalue weighted by atomic mass is 9.75. The van der Waals surface area contributed by atoms with E-state index < -0.39 is 5.66 Å². The number of hydrogen-bond donors (Lipinski definition) is 4. The Bertz CT molecular complexity index is 1480. The van der Waals surface area contributed by atoms with Gasteiger partial charge in [0.15, 0.2) is 0 Å². The summed E-state index contributed by atoms with van der Waals surface area (Å²) in [7, 11) is 0. The lowest BCUT2D eigenvalue weighted by molar-refractivity contribution is -0.134. The van der Waals surface area contributed by atoms with Gasteiger partial charge in [0.05, 0.1) is 25.6 Å². The van der Waals surface area contributed by atoms with Crippen LogP contribution in [0.25, 0.3) is 0 Å². The zero-order chi connectivity index (χ0) is 34.5. The number of carbonyl (C=O) groups is 2. The first-order valence-electron chi connectivity index (χ1n) is 17.7. The molecule has 2 saturated carbocycles. The average Bonchev–Trinajstić information content (AvgIpc) is 3.81. The summed E-state index contributed by atoms with van der Waals surface area (Å²) < 4.78 is 6.13. The van der Waals surface area contributed by atoms with Crippen LogP contribution in [0.5, 0.6) is 5.75 Å². The molecule has 48 heavy (non-hydrogen) atoms. The molecule has 5 rings (SSSR count). The Kier molecular flexibility index (Phi) is 11.1. The Morgan fingerprint density at radius 3 is 2.48 bits per heavy atom. The monoisotopic (exact) mass is 657 g/mol. The van der Waals surface area contributed by atoms with Gasteiger partial charge in [0, 0.05) is 5.56 Å². The van der Waals surface area contributed by atoms with Crippen molar-refractivity contribution in [3.05, 3.63) is 65.2 Å². The Balaban J connectivity index is 1.44. The minimum absolute atomic E-state index is 0.0139. The van der Waals surface area contributed by atoms with Crippen LogP contribution in [0, 0.1) is 23.2 Å². The van der Waals surface area contributed by atoms with Gasteiger partial charge in [0.2, 0.25) is 5.91 Å². The molecular formula is C38H55N7O3. The van der Waals surface area contributed by atoms with Crippen LogP contribution in [-0.4, -0.2) is 47.1 Å². The zero-order valence-corrected chi connectivity index (χ0v) is 29.4. The molecule has 10 heteroatoms. The molecule has 0 aromatic heterocycles. The first-order valence-corrected chi connectivity index (χ1v) is 17.7. The van der Waals surface area contributed by atoms with Crippen molar-refractivity contribution in [1.29, 1.82) is 0 Å². The number of amides is 2. The summed E-state index contributed by atoms with van der Waals surface area (Å²) in [5, 5.41) is 6.43. The van der Waals surface area contributed by atoms with Gasteiger partial charge in [0.25, 0.3) is 5.91 Å². The highest BCUT2D eigenvalue weighted by Crippen LogP contribution is 2.49. The number of nitrogens with one attached hydrogen (secondary N) is 2. The topological polar surface area (TPSA) is 147 Å². The normalized spacial score (nSPS) is 23.6. The number of carbonyl (C=O) groups excluding carboxylic acids is 2. The first-order chi connectivity index (χ1) is 22.9. The summed E-state index contributed by atoms with van der Waals surface area (Å²) in [6, 6.07) is 15.9. The largest absolute Gasteiger partial charge is 0.494 e. The highest BCUT2D eigenvalue weighted by Gasteiger charge is 2.53. The maximum Gasteiger partial charge on any atom is 0.275 e. The molecule has 6 N–H and O–H groups in total. The maximum atomic E-state index is 14.8. The maximum absolute atomic E-state index is 14.8. The number of rotatable bonds is 14. The van der Waals surface area contributed by atoms with Crippen molar-refractivity contribution in [3.8, 4) is 5.75 Å². The van der Waals surface area contributed by atoms with Crippen molar-refractivity contribution < 1.29 is 14.3 Å². The quantitative estimate of drug-likeness (QED) is 0.0899.